The van der Waals surface area contributed by atoms with Crippen molar-refractivity contribution in [2.45, 2.75) is 24.7 Å². The Morgan fingerprint density at radius 1 is 0.938 bits per heavy atom. The van der Waals surface area contributed by atoms with Crippen molar-refractivity contribution in [3.63, 3.8) is 0 Å². The SMILES string of the molecule is Cn1cc(-c2ccc(-c3ccc(C(=O)N4CCN(C(O)C5(O)CC5)CC4)cc3)cc2)nn1. The summed E-state index contributed by atoms with van der Waals surface area (Å²) in [7, 11) is 1.84. The van der Waals surface area contributed by atoms with Gasteiger partial charge in [-0.05, 0) is 36.1 Å². The lowest BCUT2D eigenvalue weighted by molar-refractivity contribution is -0.108. The molecule has 2 aliphatic rings. The first-order valence-electron chi connectivity index (χ1n) is 10.9. The van der Waals surface area contributed by atoms with Gasteiger partial charge in [-0.2, -0.15) is 0 Å². The largest absolute Gasteiger partial charge is 0.386 e. The quantitative estimate of drug-likeness (QED) is 0.637. The predicted octanol–water partition coefficient (Wildman–Crippen LogP) is 1.75. The van der Waals surface area contributed by atoms with Crippen molar-refractivity contribution in [1.29, 1.82) is 0 Å². The van der Waals surface area contributed by atoms with Gasteiger partial charge in [-0.3, -0.25) is 14.4 Å². The fraction of sp³-hybridized carbons (Fsp3) is 0.375. The summed E-state index contributed by atoms with van der Waals surface area (Å²) in [5, 5.41) is 28.5. The molecular formula is C24H27N5O3. The fourth-order valence-corrected chi connectivity index (χ4v) is 4.20. The summed E-state index contributed by atoms with van der Waals surface area (Å²) in [5.74, 6) is -0.00572. The second kappa shape index (κ2) is 8.12. The van der Waals surface area contributed by atoms with Crippen LogP contribution in [0.2, 0.25) is 0 Å². The van der Waals surface area contributed by atoms with Crippen LogP contribution in [0.5, 0.6) is 0 Å². The molecule has 1 amide bonds. The molecule has 0 bridgehead atoms. The van der Waals surface area contributed by atoms with Crippen molar-refractivity contribution in [3.05, 3.63) is 60.3 Å². The van der Waals surface area contributed by atoms with Crippen LogP contribution in [0.15, 0.2) is 54.7 Å². The Labute approximate surface area is 186 Å². The maximum atomic E-state index is 12.9. The number of nitrogens with zero attached hydrogens (tertiary/aromatic N) is 5. The van der Waals surface area contributed by atoms with Crippen molar-refractivity contribution in [3.8, 4) is 22.4 Å². The Morgan fingerprint density at radius 2 is 1.50 bits per heavy atom. The van der Waals surface area contributed by atoms with Crippen molar-refractivity contribution in [2.75, 3.05) is 26.2 Å². The summed E-state index contributed by atoms with van der Waals surface area (Å²) >= 11 is 0. The molecule has 1 aliphatic heterocycles. The van der Waals surface area contributed by atoms with Gasteiger partial charge in [0.1, 0.15) is 17.5 Å². The van der Waals surface area contributed by atoms with E-state index in [1.165, 1.54) is 0 Å². The Kier molecular flexibility index (Phi) is 5.28. The van der Waals surface area contributed by atoms with Gasteiger partial charge in [0.25, 0.3) is 5.91 Å². The predicted molar refractivity (Wildman–Crippen MR) is 120 cm³/mol. The molecule has 166 valence electrons. The highest BCUT2D eigenvalue weighted by molar-refractivity contribution is 5.94. The third kappa shape index (κ3) is 4.04. The molecule has 2 N–H and O–H groups in total. The van der Waals surface area contributed by atoms with Gasteiger partial charge in [0.15, 0.2) is 0 Å². The number of aryl methyl sites for hydroxylation is 1. The Bertz CT molecular complexity index is 1100. The molecular weight excluding hydrogens is 406 g/mol. The van der Waals surface area contributed by atoms with Crippen molar-refractivity contribution in [1.82, 2.24) is 24.8 Å². The van der Waals surface area contributed by atoms with Crippen LogP contribution in [0.4, 0.5) is 0 Å². The molecule has 1 aliphatic carbocycles. The van der Waals surface area contributed by atoms with Crippen molar-refractivity contribution >= 4 is 5.91 Å². The molecule has 1 atom stereocenters. The molecule has 2 fully saturated rings. The van der Waals surface area contributed by atoms with Crippen LogP contribution in [-0.2, 0) is 7.05 Å². The average Bonchev–Trinajstić information content (AvgIpc) is 3.44. The van der Waals surface area contributed by atoms with Gasteiger partial charge in [0.2, 0.25) is 0 Å². The van der Waals surface area contributed by atoms with Crippen LogP contribution in [0.25, 0.3) is 22.4 Å². The number of amides is 1. The molecule has 5 rings (SSSR count). The van der Waals surface area contributed by atoms with Crippen LogP contribution in [0.3, 0.4) is 0 Å². The van der Waals surface area contributed by atoms with E-state index in [-0.39, 0.29) is 5.91 Å². The van der Waals surface area contributed by atoms with Crippen LogP contribution in [0.1, 0.15) is 23.2 Å². The van der Waals surface area contributed by atoms with Crippen LogP contribution >= 0.6 is 0 Å². The summed E-state index contributed by atoms with van der Waals surface area (Å²) in [5.41, 5.74) is 3.65. The van der Waals surface area contributed by atoms with E-state index in [1.54, 1.807) is 4.68 Å². The number of aliphatic hydroxyl groups is 2. The molecule has 8 nitrogen and oxygen atoms in total. The molecule has 0 radical (unpaired) electrons. The maximum Gasteiger partial charge on any atom is 0.253 e. The van der Waals surface area contributed by atoms with Crippen molar-refractivity contribution in [2.24, 2.45) is 7.05 Å². The molecule has 2 heterocycles. The lowest BCUT2D eigenvalue weighted by Crippen LogP contribution is -2.55. The fourth-order valence-electron chi connectivity index (χ4n) is 4.20. The minimum Gasteiger partial charge on any atom is -0.386 e. The van der Waals surface area contributed by atoms with Crippen molar-refractivity contribution < 1.29 is 15.0 Å². The zero-order chi connectivity index (χ0) is 22.3. The van der Waals surface area contributed by atoms with E-state index >= 15 is 0 Å². The van der Waals surface area contributed by atoms with Crippen LogP contribution in [0, 0.1) is 0 Å². The molecule has 1 saturated carbocycles. The van der Waals surface area contributed by atoms with Crippen LogP contribution < -0.4 is 0 Å². The number of carbonyl (C=O) groups excluding carboxylic acids is 1. The lowest BCUT2D eigenvalue weighted by atomic mass is 10.0. The first kappa shape index (κ1) is 20.8. The molecule has 1 aromatic heterocycles. The molecule has 1 unspecified atom stereocenters. The van der Waals surface area contributed by atoms with E-state index in [2.05, 4.69) is 10.3 Å². The zero-order valence-corrected chi connectivity index (χ0v) is 18.1. The van der Waals surface area contributed by atoms with Crippen LogP contribution in [-0.4, -0.2) is 78.9 Å². The van der Waals surface area contributed by atoms with Gasteiger partial charge < -0.3 is 15.1 Å². The first-order valence-corrected chi connectivity index (χ1v) is 10.9. The van der Waals surface area contributed by atoms with E-state index < -0.39 is 11.8 Å². The average molecular weight is 434 g/mol. The third-order valence-electron chi connectivity index (χ3n) is 6.44. The minimum absolute atomic E-state index is 0.00572. The maximum absolute atomic E-state index is 12.9. The van der Waals surface area contributed by atoms with Gasteiger partial charge >= 0.3 is 0 Å². The molecule has 0 spiro atoms. The van der Waals surface area contributed by atoms with E-state index in [4.69, 9.17) is 0 Å². The van der Waals surface area contributed by atoms with Gasteiger partial charge in [0, 0.05) is 44.4 Å². The highest BCUT2D eigenvalue weighted by atomic mass is 16.4. The normalized spacial score (nSPS) is 19.0. The standard InChI is InChI=1S/C24H27N5O3/c1-27-16-21(25-26-27)19-6-2-17(3-7-19)18-4-8-20(9-5-18)22(30)28-12-14-29(15-13-28)23(31)24(32)10-11-24/h2-9,16,23,31-32H,10-15H2,1H3. The number of piperazine rings is 1. The number of benzene rings is 2. The Morgan fingerprint density at radius 3 is 2.03 bits per heavy atom. The second-order valence-corrected chi connectivity index (χ2v) is 8.74. The Hall–Kier alpha value is -3.07. The third-order valence-corrected chi connectivity index (χ3v) is 6.44. The number of hydrogen-bond acceptors (Lipinski definition) is 6. The number of carbonyl (C=O) groups is 1. The number of aliphatic hydroxyl groups excluding tert-OH is 1. The highest BCUT2D eigenvalue weighted by Crippen LogP contribution is 2.39. The zero-order valence-electron chi connectivity index (χ0n) is 18.1. The molecule has 2 aromatic carbocycles. The van der Waals surface area contributed by atoms with Gasteiger partial charge in [-0.15, -0.1) is 5.10 Å². The smallest absolute Gasteiger partial charge is 0.253 e. The van der Waals surface area contributed by atoms with E-state index in [1.807, 2.05) is 71.6 Å². The second-order valence-electron chi connectivity index (χ2n) is 8.74. The van der Waals surface area contributed by atoms with Gasteiger partial charge in [0.05, 0.1) is 6.20 Å². The van der Waals surface area contributed by atoms with Gasteiger partial charge in [-0.25, -0.2) is 0 Å². The number of rotatable bonds is 5. The topological polar surface area (TPSA) is 94.7 Å². The number of aromatic nitrogens is 3. The molecule has 32 heavy (non-hydrogen) atoms. The summed E-state index contributed by atoms with van der Waals surface area (Å²) in [4.78, 5) is 16.6. The molecule has 3 aromatic rings. The lowest BCUT2D eigenvalue weighted by Gasteiger charge is -2.38. The van der Waals surface area contributed by atoms with E-state index in [0.29, 0.717) is 44.6 Å². The van der Waals surface area contributed by atoms with E-state index in [0.717, 1.165) is 22.4 Å². The highest BCUT2D eigenvalue weighted by Gasteiger charge is 2.50. The van der Waals surface area contributed by atoms with Gasteiger partial charge in [-0.1, -0.05) is 41.6 Å². The summed E-state index contributed by atoms with van der Waals surface area (Å²) in [6, 6.07) is 15.8. The molecule has 1 saturated heterocycles. The molecule has 8 heteroatoms. The number of hydrogen-bond donors (Lipinski definition) is 2. The Balaban J connectivity index is 1.21. The monoisotopic (exact) mass is 433 g/mol. The summed E-state index contributed by atoms with van der Waals surface area (Å²) in [6.07, 6.45) is 2.33. The minimum atomic E-state index is -0.950. The first-order chi connectivity index (χ1) is 15.4. The van der Waals surface area contributed by atoms with E-state index in [9.17, 15) is 15.0 Å². The summed E-state index contributed by atoms with van der Waals surface area (Å²) < 4.78 is 1.68. The summed E-state index contributed by atoms with van der Waals surface area (Å²) in [6.45, 7) is 2.20.